The van der Waals surface area contributed by atoms with Crippen LogP contribution in [0.25, 0.3) is 0 Å². The summed E-state index contributed by atoms with van der Waals surface area (Å²) in [4.78, 5) is 14.1. The van der Waals surface area contributed by atoms with Crippen LogP contribution < -0.4 is 5.73 Å². The predicted octanol–water partition coefficient (Wildman–Crippen LogP) is 1.99. The van der Waals surface area contributed by atoms with E-state index in [0.29, 0.717) is 18.9 Å². The van der Waals surface area contributed by atoms with E-state index in [2.05, 4.69) is 6.92 Å². The Labute approximate surface area is 119 Å². The maximum atomic E-state index is 12.8. The molecule has 2 N–H and O–H groups in total. The topological polar surface area (TPSA) is 46.3 Å². The van der Waals surface area contributed by atoms with Gasteiger partial charge in [-0.05, 0) is 43.5 Å². The number of hydrogen-bond acceptors (Lipinski definition) is 2. The smallest absolute Gasteiger partial charge is 0.227 e. The first-order valence-electron chi connectivity index (χ1n) is 6.34. The number of benzene rings is 1. The number of rotatable bonds is 3. The summed E-state index contributed by atoms with van der Waals surface area (Å²) in [7, 11) is 0. The van der Waals surface area contributed by atoms with Crippen molar-refractivity contribution in [2.45, 2.75) is 25.8 Å². The van der Waals surface area contributed by atoms with Gasteiger partial charge in [0.15, 0.2) is 0 Å². The minimum absolute atomic E-state index is 0. The van der Waals surface area contributed by atoms with E-state index >= 15 is 0 Å². The fourth-order valence-electron chi connectivity index (χ4n) is 2.54. The minimum Gasteiger partial charge on any atom is -0.339 e. The van der Waals surface area contributed by atoms with Crippen LogP contribution in [-0.2, 0) is 11.2 Å². The number of carbonyl (C=O) groups is 1. The van der Waals surface area contributed by atoms with Crippen LogP contribution in [0.2, 0.25) is 0 Å². The molecule has 0 bridgehead atoms. The summed E-state index contributed by atoms with van der Waals surface area (Å²) in [5, 5.41) is 0. The van der Waals surface area contributed by atoms with Gasteiger partial charge < -0.3 is 10.6 Å². The van der Waals surface area contributed by atoms with Crippen molar-refractivity contribution in [2.75, 3.05) is 13.1 Å². The monoisotopic (exact) mass is 286 g/mol. The van der Waals surface area contributed by atoms with Crippen molar-refractivity contribution < 1.29 is 9.18 Å². The third kappa shape index (κ3) is 3.91. The Kier molecular flexibility index (Phi) is 5.76. The van der Waals surface area contributed by atoms with E-state index in [4.69, 9.17) is 5.73 Å². The number of hydrogen-bond donors (Lipinski definition) is 1. The van der Waals surface area contributed by atoms with Crippen LogP contribution >= 0.6 is 12.4 Å². The van der Waals surface area contributed by atoms with E-state index in [0.717, 1.165) is 18.5 Å². The van der Waals surface area contributed by atoms with Crippen LogP contribution in [0.1, 0.15) is 18.9 Å². The maximum absolute atomic E-state index is 12.8. The van der Waals surface area contributed by atoms with E-state index in [1.165, 1.54) is 12.1 Å². The summed E-state index contributed by atoms with van der Waals surface area (Å²) in [6.45, 7) is 3.43. The van der Waals surface area contributed by atoms with Gasteiger partial charge in [0.05, 0.1) is 6.42 Å². The highest BCUT2D eigenvalue weighted by atomic mass is 35.5. The van der Waals surface area contributed by atoms with Crippen molar-refractivity contribution in [2.24, 2.45) is 11.7 Å². The largest absolute Gasteiger partial charge is 0.339 e. The van der Waals surface area contributed by atoms with E-state index in [9.17, 15) is 9.18 Å². The number of likely N-dealkylation sites (tertiary alicyclic amines) is 1. The summed E-state index contributed by atoms with van der Waals surface area (Å²) < 4.78 is 12.8. The first-order chi connectivity index (χ1) is 8.60. The lowest BCUT2D eigenvalue weighted by molar-refractivity contribution is -0.131. The Bertz CT molecular complexity index is 424. The molecule has 0 spiro atoms. The highest BCUT2D eigenvalue weighted by Gasteiger charge is 2.31. The van der Waals surface area contributed by atoms with Gasteiger partial charge in [0.2, 0.25) is 5.91 Å². The highest BCUT2D eigenvalue weighted by molar-refractivity contribution is 5.85. The molecule has 2 rings (SSSR count). The van der Waals surface area contributed by atoms with Gasteiger partial charge in [0, 0.05) is 12.6 Å². The fourth-order valence-corrected chi connectivity index (χ4v) is 2.54. The molecular formula is C14H20ClFN2O. The SMILES string of the molecule is CC1CC(CN)CN1C(=O)Cc1ccc(F)cc1.Cl. The summed E-state index contributed by atoms with van der Waals surface area (Å²) in [5.41, 5.74) is 6.50. The van der Waals surface area contributed by atoms with Gasteiger partial charge in [-0.15, -0.1) is 12.4 Å². The number of amides is 1. The average Bonchev–Trinajstić information content (AvgIpc) is 2.73. The predicted molar refractivity (Wildman–Crippen MR) is 75.7 cm³/mol. The molecule has 2 unspecified atom stereocenters. The standard InChI is InChI=1S/C14H19FN2O.ClH/c1-10-6-12(8-16)9-17(10)14(18)7-11-2-4-13(15)5-3-11;/h2-5,10,12H,6-9,16H2,1H3;1H. The van der Waals surface area contributed by atoms with Crippen molar-refractivity contribution >= 4 is 18.3 Å². The lowest BCUT2D eigenvalue weighted by atomic mass is 10.1. The third-order valence-electron chi connectivity index (χ3n) is 3.58. The molecule has 5 heteroatoms. The molecule has 1 fully saturated rings. The Balaban J connectivity index is 0.00000180. The minimum atomic E-state index is -0.274. The van der Waals surface area contributed by atoms with Crippen LogP contribution in [0, 0.1) is 11.7 Å². The van der Waals surface area contributed by atoms with Crippen LogP contribution in [0.15, 0.2) is 24.3 Å². The second-order valence-corrected chi connectivity index (χ2v) is 5.04. The van der Waals surface area contributed by atoms with Crippen LogP contribution in [0.5, 0.6) is 0 Å². The number of nitrogens with zero attached hydrogens (tertiary/aromatic N) is 1. The zero-order valence-corrected chi connectivity index (χ0v) is 11.8. The van der Waals surface area contributed by atoms with E-state index in [1.54, 1.807) is 12.1 Å². The summed E-state index contributed by atoms with van der Waals surface area (Å²) in [6.07, 6.45) is 1.31. The van der Waals surface area contributed by atoms with Gasteiger partial charge in [-0.3, -0.25) is 4.79 Å². The van der Waals surface area contributed by atoms with Gasteiger partial charge in [-0.2, -0.15) is 0 Å². The van der Waals surface area contributed by atoms with Gasteiger partial charge >= 0.3 is 0 Å². The molecule has 106 valence electrons. The van der Waals surface area contributed by atoms with Crippen molar-refractivity contribution in [1.82, 2.24) is 4.90 Å². The molecule has 1 amide bonds. The molecule has 1 heterocycles. The first kappa shape index (κ1) is 15.9. The lowest BCUT2D eigenvalue weighted by Crippen LogP contribution is -2.35. The molecule has 1 aliphatic rings. The number of carbonyl (C=O) groups excluding carboxylic acids is 1. The number of nitrogens with two attached hydrogens (primary N) is 1. The molecule has 1 saturated heterocycles. The van der Waals surface area contributed by atoms with Crippen LogP contribution in [0.4, 0.5) is 4.39 Å². The maximum Gasteiger partial charge on any atom is 0.227 e. The average molecular weight is 287 g/mol. The molecule has 0 aliphatic carbocycles. The third-order valence-corrected chi connectivity index (χ3v) is 3.58. The Morgan fingerprint density at radius 3 is 2.58 bits per heavy atom. The Morgan fingerprint density at radius 1 is 1.42 bits per heavy atom. The van der Waals surface area contributed by atoms with Gasteiger partial charge in [-0.25, -0.2) is 4.39 Å². The molecule has 0 saturated carbocycles. The summed E-state index contributed by atoms with van der Waals surface area (Å²) >= 11 is 0. The molecule has 0 aromatic heterocycles. The normalized spacial score (nSPS) is 22.2. The van der Waals surface area contributed by atoms with Gasteiger partial charge in [-0.1, -0.05) is 12.1 Å². The van der Waals surface area contributed by atoms with Crippen LogP contribution in [0.3, 0.4) is 0 Å². The van der Waals surface area contributed by atoms with Crippen LogP contribution in [-0.4, -0.2) is 29.9 Å². The van der Waals surface area contributed by atoms with Gasteiger partial charge in [0.25, 0.3) is 0 Å². The molecule has 0 radical (unpaired) electrons. The molecule has 1 aromatic rings. The zero-order valence-electron chi connectivity index (χ0n) is 11.0. The van der Waals surface area contributed by atoms with E-state index < -0.39 is 0 Å². The molecule has 2 atom stereocenters. The first-order valence-corrected chi connectivity index (χ1v) is 6.34. The molecule has 1 aromatic carbocycles. The Hall–Kier alpha value is -1.13. The second kappa shape index (κ2) is 6.87. The van der Waals surface area contributed by atoms with Crippen molar-refractivity contribution in [3.8, 4) is 0 Å². The second-order valence-electron chi connectivity index (χ2n) is 5.04. The lowest BCUT2D eigenvalue weighted by Gasteiger charge is -2.21. The molecule has 19 heavy (non-hydrogen) atoms. The van der Waals surface area contributed by atoms with Gasteiger partial charge in [0.1, 0.15) is 5.82 Å². The molecule has 3 nitrogen and oxygen atoms in total. The fraction of sp³-hybridized carbons (Fsp3) is 0.500. The van der Waals surface area contributed by atoms with E-state index in [1.807, 2.05) is 4.90 Å². The quantitative estimate of drug-likeness (QED) is 0.924. The molecular weight excluding hydrogens is 267 g/mol. The summed E-state index contributed by atoms with van der Waals surface area (Å²) in [6, 6.07) is 6.35. The highest BCUT2D eigenvalue weighted by Crippen LogP contribution is 2.22. The molecule has 1 aliphatic heterocycles. The van der Waals surface area contributed by atoms with Crippen molar-refractivity contribution in [3.63, 3.8) is 0 Å². The summed E-state index contributed by atoms with van der Waals surface area (Å²) in [5.74, 6) is 0.242. The number of halogens is 2. The zero-order chi connectivity index (χ0) is 13.1. The Morgan fingerprint density at radius 2 is 2.05 bits per heavy atom. The van der Waals surface area contributed by atoms with Crippen molar-refractivity contribution in [1.29, 1.82) is 0 Å². The van der Waals surface area contributed by atoms with Crippen molar-refractivity contribution in [3.05, 3.63) is 35.6 Å². The van der Waals surface area contributed by atoms with E-state index in [-0.39, 0.29) is 30.2 Å².